The first-order chi connectivity index (χ1) is 7.58. The number of rotatable bonds is 1. The highest BCUT2D eigenvalue weighted by Crippen LogP contribution is 2.17. The van der Waals surface area contributed by atoms with Crippen LogP contribution in [0.3, 0.4) is 0 Å². The molecule has 16 heavy (non-hydrogen) atoms. The Morgan fingerprint density at radius 3 is 2.75 bits per heavy atom. The van der Waals surface area contributed by atoms with Gasteiger partial charge in [0.15, 0.2) is 4.77 Å². The fourth-order valence-corrected chi connectivity index (χ4v) is 1.91. The van der Waals surface area contributed by atoms with E-state index < -0.39 is 6.04 Å². The van der Waals surface area contributed by atoms with Crippen LogP contribution < -0.4 is 10.9 Å². The van der Waals surface area contributed by atoms with Crippen molar-refractivity contribution in [1.29, 1.82) is 0 Å². The van der Waals surface area contributed by atoms with Gasteiger partial charge in [-0.05, 0) is 18.6 Å². The van der Waals surface area contributed by atoms with Crippen molar-refractivity contribution in [1.82, 2.24) is 14.9 Å². The number of hydrogen-bond acceptors (Lipinski definition) is 4. The van der Waals surface area contributed by atoms with E-state index in [4.69, 9.17) is 12.2 Å². The van der Waals surface area contributed by atoms with Crippen LogP contribution in [-0.2, 0) is 9.59 Å². The van der Waals surface area contributed by atoms with Crippen LogP contribution in [0.4, 0.5) is 0 Å². The summed E-state index contributed by atoms with van der Waals surface area (Å²) in [6.45, 7) is 0. The number of aromatic nitrogens is 2. The molecular formula is C9H9N3O3S. The number of aromatic amines is 1. The van der Waals surface area contributed by atoms with Crippen LogP contribution in [-0.4, -0.2) is 21.4 Å². The molecule has 6 nitrogen and oxygen atoms in total. The van der Waals surface area contributed by atoms with Gasteiger partial charge in [0.1, 0.15) is 6.04 Å². The third-order valence-electron chi connectivity index (χ3n) is 2.40. The zero-order valence-corrected chi connectivity index (χ0v) is 9.04. The first kappa shape index (κ1) is 10.7. The first-order valence-corrected chi connectivity index (χ1v) is 5.14. The quantitative estimate of drug-likeness (QED) is 0.529. The summed E-state index contributed by atoms with van der Waals surface area (Å²) < 4.78 is 1.67. The molecule has 1 saturated heterocycles. The molecule has 84 valence electrons. The van der Waals surface area contributed by atoms with Crippen molar-refractivity contribution in [3.63, 3.8) is 0 Å². The van der Waals surface area contributed by atoms with E-state index in [9.17, 15) is 14.4 Å². The van der Waals surface area contributed by atoms with Gasteiger partial charge < -0.3 is 4.57 Å². The molecule has 1 aliphatic heterocycles. The molecule has 0 bridgehead atoms. The van der Waals surface area contributed by atoms with Crippen molar-refractivity contribution in [2.45, 2.75) is 18.9 Å². The number of piperidine rings is 1. The molecule has 2 N–H and O–H groups in total. The molecule has 0 radical (unpaired) electrons. The highest BCUT2D eigenvalue weighted by atomic mass is 32.1. The fourth-order valence-electron chi connectivity index (χ4n) is 1.62. The highest BCUT2D eigenvalue weighted by Gasteiger charge is 2.27. The predicted octanol–water partition coefficient (Wildman–Crippen LogP) is -0.116. The van der Waals surface area contributed by atoms with E-state index in [-0.39, 0.29) is 28.6 Å². The zero-order chi connectivity index (χ0) is 11.7. The number of nitrogens with zero attached hydrogens (tertiary/aromatic N) is 1. The van der Waals surface area contributed by atoms with Gasteiger partial charge in [0, 0.05) is 18.7 Å². The fraction of sp³-hybridized carbons (Fsp3) is 0.333. The minimum atomic E-state index is -0.526. The predicted molar refractivity (Wildman–Crippen MR) is 57.3 cm³/mol. The van der Waals surface area contributed by atoms with Crippen LogP contribution in [0, 0.1) is 4.77 Å². The molecule has 2 amide bonds. The maximum absolute atomic E-state index is 11.6. The molecule has 1 unspecified atom stereocenters. The highest BCUT2D eigenvalue weighted by molar-refractivity contribution is 7.71. The summed E-state index contributed by atoms with van der Waals surface area (Å²) in [6.07, 6.45) is 2.13. The molecule has 2 heterocycles. The van der Waals surface area contributed by atoms with E-state index >= 15 is 0 Å². The van der Waals surface area contributed by atoms with Crippen LogP contribution in [0.25, 0.3) is 0 Å². The second-order valence-corrected chi connectivity index (χ2v) is 3.87. The number of carbonyl (C=O) groups is 2. The van der Waals surface area contributed by atoms with Crippen LogP contribution in [0.1, 0.15) is 18.9 Å². The Kier molecular flexibility index (Phi) is 2.69. The van der Waals surface area contributed by atoms with Crippen molar-refractivity contribution < 1.29 is 9.59 Å². The minimum Gasteiger partial charge on any atom is -0.313 e. The topological polar surface area (TPSA) is 84.0 Å². The summed E-state index contributed by atoms with van der Waals surface area (Å²) in [4.78, 5) is 35.9. The van der Waals surface area contributed by atoms with Gasteiger partial charge >= 0.3 is 0 Å². The Hall–Kier alpha value is -1.76. The van der Waals surface area contributed by atoms with E-state index in [0.717, 1.165) is 0 Å². The Labute approximate surface area is 95.3 Å². The summed E-state index contributed by atoms with van der Waals surface area (Å²) in [6, 6.07) is 0.765. The summed E-state index contributed by atoms with van der Waals surface area (Å²) in [5, 5.41) is 2.23. The Morgan fingerprint density at radius 1 is 1.38 bits per heavy atom. The molecule has 2 rings (SSSR count). The molecule has 1 aromatic heterocycles. The number of imide groups is 1. The standard InChI is InChI=1S/C9H9N3O3S/c13-6-2-1-5(8(15)10-6)12-4-3-7(14)11-9(12)16/h3-5H,1-2H2,(H,10,13,15)(H,11,14,16). The number of amides is 2. The molecular weight excluding hydrogens is 230 g/mol. The lowest BCUT2D eigenvalue weighted by Gasteiger charge is -2.22. The SMILES string of the molecule is O=C1CCC(n2ccc(=O)[nH]c2=S)C(=O)N1. The average molecular weight is 239 g/mol. The molecule has 0 aliphatic carbocycles. The van der Waals surface area contributed by atoms with Crippen LogP contribution in [0.15, 0.2) is 17.1 Å². The van der Waals surface area contributed by atoms with Gasteiger partial charge in [-0.3, -0.25) is 24.7 Å². The third kappa shape index (κ3) is 1.94. The van der Waals surface area contributed by atoms with Gasteiger partial charge in [0.25, 0.3) is 5.56 Å². The second kappa shape index (κ2) is 4.01. The zero-order valence-electron chi connectivity index (χ0n) is 8.23. The second-order valence-electron chi connectivity index (χ2n) is 3.48. The summed E-state index contributed by atoms with van der Waals surface area (Å²) in [7, 11) is 0. The Morgan fingerprint density at radius 2 is 2.12 bits per heavy atom. The van der Waals surface area contributed by atoms with Crippen molar-refractivity contribution in [3.8, 4) is 0 Å². The summed E-state index contributed by atoms with van der Waals surface area (Å²) in [5.41, 5.74) is -0.312. The monoisotopic (exact) mass is 239 g/mol. The molecule has 1 aromatic rings. The van der Waals surface area contributed by atoms with Gasteiger partial charge in [-0.15, -0.1) is 0 Å². The molecule has 1 aliphatic rings. The molecule has 7 heteroatoms. The third-order valence-corrected chi connectivity index (χ3v) is 2.71. The van der Waals surface area contributed by atoms with Crippen LogP contribution in [0.5, 0.6) is 0 Å². The smallest absolute Gasteiger partial charge is 0.251 e. The number of nitrogens with one attached hydrogen (secondary N) is 2. The van der Waals surface area contributed by atoms with Gasteiger partial charge in [-0.1, -0.05) is 0 Å². The molecule has 0 spiro atoms. The van der Waals surface area contributed by atoms with E-state index in [2.05, 4.69) is 10.3 Å². The lowest BCUT2D eigenvalue weighted by Crippen LogP contribution is -2.42. The van der Waals surface area contributed by atoms with Gasteiger partial charge in [-0.2, -0.15) is 0 Å². The van der Waals surface area contributed by atoms with Crippen molar-refractivity contribution in [3.05, 3.63) is 27.4 Å². The van der Waals surface area contributed by atoms with Gasteiger partial charge in [0.05, 0.1) is 0 Å². The molecule has 0 saturated carbocycles. The molecule has 0 aromatic carbocycles. The van der Waals surface area contributed by atoms with E-state index in [0.29, 0.717) is 6.42 Å². The minimum absolute atomic E-state index is 0.182. The van der Waals surface area contributed by atoms with Crippen molar-refractivity contribution >= 4 is 24.0 Å². The number of hydrogen-bond donors (Lipinski definition) is 2. The van der Waals surface area contributed by atoms with Crippen molar-refractivity contribution in [2.75, 3.05) is 0 Å². The van der Waals surface area contributed by atoms with E-state index in [1.54, 1.807) is 0 Å². The number of H-pyrrole nitrogens is 1. The van der Waals surface area contributed by atoms with Gasteiger partial charge in [0.2, 0.25) is 11.8 Å². The lowest BCUT2D eigenvalue weighted by atomic mass is 10.1. The normalized spacial score (nSPS) is 20.6. The largest absolute Gasteiger partial charge is 0.313 e. The van der Waals surface area contributed by atoms with Crippen LogP contribution in [0.2, 0.25) is 0 Å². The lowest BCUT2D eigenvalue weighted by molar-refractivity contribution is -0.135. The van der Waals surface area contributed by atoms with E-state index in [1.165, 1.54) is 16.8 Å². The number of carbonyl (C=O) groups excluding carboxylic acids is 2. The van der Waals surface area contributed by atoms with E-state index in [1.807, 2.05) is 0 Å². The summed E-state index contributed by atoms with van der Waals surface area (Å²) in [5.74, 6) is -0.670. The molecule has 1 atom stereocenters. The summed E-state index contributed by atoms with van der Waals surface area (Å²) >= 11 is 4.95. The average Bonchev–Trinajstić information content (AvgIpc) is 2.19. The van der Waals surface area contributed by atoms with Crippen molar-refractivity contribution in [2.24, 2.45) is 0 Å². The van der Waals surface area contributed by atoms with Gasteiger partial charge in [-0.25, -0.2) is 0 Å². The maximum atomic E-state index is 11.6. The molecule has 1 fully saturated rings. The Bertz CT molecular complexity index is 560. The Balaban J connectivity index is 2.38. The maximum Gasteiger partial charge on any atom is 0.251 e. The first-order valence-electron chi connectivity index (χ1n) is 4.73. The van der Waals surface area contributed by atoms with Crippen LogP contribution >= 0.6 is 12.2 Å².